The molecule has 2 aliphatic carbocycles. The minimum absolute atomic E-state index is 0.223. The van der Waals surface area contributed by atoms with Crippen molar-refractivity contribution in [3.05, 3.63) is 52.7 Å². The zero-order valence-electron chi connectivity index (χ0n) is 14.6. The topological polar surface area (TPSA) is 93.4 Å². The second kappa shape index (κ2) is 5.85. The maximum atomic E-state index is 12.6. The van der Waals surface area contributed by atoms with Crippen molar-refractivity contribution in [3.63, 3.8) is 0 Å². The Morgan fingerprint density at radius 3 is 2.73 bits per heavy atom. The fourth-order valence-corrected chi connectivity index (χ4v) is 4.63. The van der Waals surface area contributed by atoms with Gasteiger partial charge in [-0.3, -0.25) is 9.48 Å². The molecule has 26 heavy (non-hydrogen) atoms. The van der Waals surface area contributed by atoms with Gasteiger partial charge >= 0.3 is 0 Å². The number of hydrogen-bond donors (Lipinski definition) is 1. The van der Waals surface area contributed by atoms with Gasteiger partial charge in [-0.25, -0.2) is 18.1 Å². The molecule has 7 nitrogen and oxygen atoms in total. The van der Waals surface area contributed by atoms with E-state index in [2.05, 4.69) is 14.8 Å². The number of aromatic nitrogens is 2. The van der Waals surface area contributed by atoms with Crippen molar-refractivity contribution in [2.75, 3.05) is 0 Å². The Balaban J connectivity index is 1.59. The number of aryl methyl sites for hydroxylation is 1. The van der Waals surface area contributed by atoms with E-state index in [9.17, 15) is 13.2 Å². The number of nitrogens with zero attached hydrogens (tertiary/aromatic N) is 3. The van der Waals surface area contributed by atoms with E-state index in [-0.39, 0.29) is 22.3 Å². The lowest BCUT2D eigenvalue weighted by Crippen LogP contribution is -2.35. The summed E-state index contributed by atoms with van der Waals surface area (Å²) < 4.78 is 29.6. The Hall–Kier alpha value is -2.32. The first-order valence-corrected chi connectivity index (χ1v) is 9.97. The maximum absolute atomic E-state index is 12.6. The molecule has 136 valence electrons. The van der Waals surface area contributed by atoms with E-state index >= 15 is 0 Å². The van der Waals surface area contributed by atoms with Crippen molar-refractivity contribution in [1.82, 2.24) is 14.5 Å². The molecule has 2 heterocycles. The largest absolute Gasteiger partial charge is 0.276 e. The third-order valence-corrected chi connectivity index (χ3v) is 6.49. The van der Waals surface area contributed by atoms with Crippen LogP contribution in [0.4, 0.5) is 0 Å². The molecule has 1 unspecified atom stereocenters. The van der Waals surface area contributed by atoms with Gasteiger partial charge in [0, 0.05) is 36.7 Å². The van der Waals surface area contributed by atoms with Gasteiger partial charge in [-0.05, 0) is 37.5 Å². The van der Waals surface area contributed by atoms with Crippen molar-refractivity contribution in [3.8, 4) is 0 Å². The number of dihydropyridines is 1. The summed E-state index contributed by atoms with van der Waals surface area (Å²) >= 11 is 0. The molecule has 1 aliphatic heterocycles. The summed E-state index contributed by atoms with van der Waals surface area (Å²) in [4.78, 5) is 16.6. The number of aliphatic imine (C=N–C) groups is 1. The average molecular weight is 372 g/mol. The van der Waals surface area contributed by atoms with Gasteiger partial charge in [0.15, 0.2) is 0 Å². The molecule has 1 atom stereocenters. The predicted octanol–water partition coefficient (Wildman–Crippen LogP) is 1.41. The van der Waals surface area contributed by atoms with E-state index < -0.39 is 10.0 Å². The first kappa shape index (κ1) is 17.1. The highest BCUT2D eigenvalue weighted by Gasteiger charge is 2.42. The molecule has 1 amide bonds. The lowest BCUT2D eigenvalue weighted by atomic mass is 9.91. The Kier molecular flexibility index (Phi) is 3.85. The maximum Gasteiger partial charge on any atom is 0.273 e. The van der Waals surface area contributed by atoms with E-state index in [1.54, 1.807) is 29.1 Å². The molecular weight excluding hydrogens is 352 g/mol. The third-order valence-electron chi connectivity index (χ3n) is 4.83. The highest BCUT2D eigenvalue weighted by atomic mass is 32.2. The molecule has 0 saturated heterocycles. The fourth-order valence-electron chi connectivity index (χ4n) is 3.09. The van der Waals surface area contributed by atoms with Gasteiger partial charge < -0.3 is 0 Å². The first-order valence-electron chi connectivity index (χ1n) is 8.49. The minimum Gasteiger partial charge on any atom is -0.276 e. The number of carbonyl (C=O) groups excluding carboxylic acids is 1. The molecule has 1 fully saturated rings. The van der Waals surface area contributed by atoms with Gasteiger partial charge in [-0.15, -0.1) is 0 Å². The van der Waals surface area contributed by atoms with E-state index in [1.165, 1.54) is 6.08 Å². The Labute approximate surface area is 152 Å². The van der Waals surface area contributed by atoms with Crippen LogP contribution in [0.15, 0.2) is 52.2 Å². The number of carbonyl (C=O) groups is 1. The van der Waals surface area contributed by atoms with E-state index in [1.807, 2.05) is 20.2 Å². The Morgan fingerprint density at radius 2 is 2.08 bits per heavy atom. The number of allylic oxidation sites excluding steroid dienone is 4. The van der Waals surface area contributed by atoms with Gasteiger partial charge in [-0.2, -0.15) is 5.10 Å². The van der Waals surface area contributed by atoms with Crippen LogP contribution in [0, 0.1) is 5.92 Å². The number of hydrogen-bond acceptors (Lipinski definition) is 4. The number of nitrogens with one attached hydrogen (secondary N) is 1. The van der Waals surface area contributed by atoms with E-state index in [0.29, 0.717) is 17.7 Å². The molecular formula is C18H20N4O3S. The molecule has 1 aromatic heterocycles. The molecule has 1 N–H and O–H groups in total. The van der Waals surface area contributed by atoms with Gasteiger partial charge in [0.1, 0.15) is 0 Å². The van der Waals surface area contributed by atoms with Crippen LogP contribution in [0.1, 0.15) is 25.3 Å². The van der Waals surface area contributed by atoms with Gasteiger partial charge in [0.25, 0.3) is 5.91 Å². The molecule has 0 bridgehead atoms. The second-order valence-corrected chi connectivity index (χ2v) is 9.01. The number of fused-ring (bicyclic) bond motifs is 1. The van der Waals surface area contributed by atoms with Crippen LogP contribution < -0.4 is 4.72 Å². The van der Waals surface area contributed by atoms with Crippen LogP contribution in [-0.2, 0) is 28.3 Å². The molecule has 1 saturated carbocycles. The predicted molar refractivity (Wildman–Crippen MR) is 97.8 cm³/mol. The van der Waals surface area contributed by atoms with Crippen LogP contribution in [0.25, 0.3) is 0 Å². The summed E-state index contributed by atoms with van der Waals surface area (Å²) in [6.07, 6.45) is 12.3. The standard InChI is InChI=1S/C18H20N4O3S/c1-18(5-6-18)21-26(24,25)15-3-4-16-13(9-15)8-14(17(23)20-16)7-12-10-19-22(2)11-12/h3-4,8-11,13,21H,5-7H2,1-2H3. The lowest BCUT2D eigenvalue weighted by molar-refractivity contribution is -0.114. The van der Waals surface area contributed by atoms with Gasteiger partial charge in [0.05, 0.1) is 16.8 Å². The summed E-state index contributed by atoms with van der Waals surface area (Å²) in [6, 6.07) is 0. The highest BCUT2D eigenvalue weighted by Crippen LogP contribution is 2.36. The molecule has 8 heteroatoms. The fraction of sp³-hybridized carbons (Fsp3) is 0.389. The summed E-state index contributed by atoms with van der Waals surface area (Å²) in [7, 11) is -1.76. The Morgan fingerprint density at radius 1 is 1.31 bits per heavy atom. The van der Waals surface area contributed by atoms with Crippen LogP contribution in [0.2, 0.25) is 0 Å². The van der Waals surface area contributed by atoms with Crippen LogP contribution in [0.5, 0.6) is 0 Å². The number of sulfonamides is 1. The summed E-state index contributed by atoms with van der Waals surface area (Å²) in [5.74, 6) is -0.601. The third kappa shape index (κ3) is 3.34. The van der Waals surface area contributed by atoms with Crippen LogP contribution >= 0.6 is 0 Å². The molecule has 0 radical (unpaired) electrons. The van der Waals surface area contributed by atoms with Gasteiger partial charge in [-0.1, -0.05) is 12.2 Å². The van der Waals surface area contributed by atoms with Crippen LogP contribution in [-0.4, -0.2) is 35.4 Å². The van der Waals surface area contributed by atoms with Gasteiger partial charge in [0.2, 0.25) is 10.0 Å². The second-order valence-electron chi connectivity index (χ2n) is 7.33. The SMILES string of the molecule is Cn1cc(CC2=CC3C=C(S(=O)(=O)NC4(C)CC4)C=CC3=NC2=O)cn1. The lowest BCUT2D eigenvalue weighted by Gasteiger charge is -2.21. The molecule has 4 rings (SSSR count). The first-order chi connectivity index (χ1) is 12.2. The van der Waals surface area contributed by atoms with Crippen molar-refractivity contribution in [2.45, 2.75) is 31.7 Å². The van der Waals surface area contributed by atoms with E-state index in [4.69, 9.17) is 0 Å². The summed E-state index contributed by atoms with van der Waals surface area (Å²) in [5.41, 5.74) is 1.71. The molecule has 1 aromatic rings. The van der Waals surface area contributed by atoms with Crippen molar-refractivity contribution in [1.29, 1.82) is 0 Å². The minimum atomic E-state index is -3.57. The normalized spacial score (nSPS) is 23.8. The Bertz CT molecular complexity index is 1010. The number of rotatable bonds is 5. The summed E-state index contributed by atoms with van der Waals surface area (Å²) in [6.45, 7) is 1.90. The zero-order valence-corrected chi connectivity index (χ0v) is 15.5. The quantitative estimate of drug-likeness (QED) is 0.846. The van der Waals surface area contributed by atoms with Crippen molar-refractivity contribution >= 4 is 21.6 Å². The molecule has 0 aromatic carbocycles. The molecule has 3 aliphatic rings. The van der Waals surface area contributed by atoms with Crippen molar-refractivity contribution < 1.29 is 13.2 Å². The highest BCUT2D eigenvalue weighted by molar-refractivity contribution is 7.93. The van der Waals surface area contributed by atoms with E-state index in [0.717, 1.165) is 18.4 Å². The van der Waals surface area contributed by atoms with Crippen molar-refractivity contribution in [2.24, 2.45) is 18.0 Å². The monoisotopic (exact) mass is 372 g/mol. The summed E-state index contributed by atoms with van der Waals surface area (Å²) in [5, 5.41) is 4.10. The smallest absolute Gasteiger partial charge is 0.273 e. The average Bonchev–Trinajstić information content (AvgIpc) is 3.13. The van der Waals surface area contributed by atoms with Crippen LogP contribution in [0.3, 0.4) is 0 Å². The molecule has 0 spiro atoms. The zero-order chi connectivity index (χ0) is 18.5. The number of amides is 1.